The van der Waals surface area contributed by atoms with Crippen LogP contribution in [0.15, 0.2) is 18.2 Å². The topological polar surface area (TPSA) is 58.2 Å². The molecule has 1 saturated carbocycles. The standard InChI is InChI=1S/C21H32N2O2/c1-4-5-6-14-22-20(24)17-10-12-18(13-11-17)21(25)23-19-15(2)8-7-9-16(19)3/h7-9,17-18H,4-6,10-14H2,1-3H3,(H,22,24)(H,23,25). The lowest BCUT2D eigenvalue weighted by atomic mass is 9.81. The van der Waals surface area contributed by atoms with Crippen LogP contribution in [0.5, 0.6) is 0 Å². The zero-order valence-electron chi connectivity index (χ0n) is 15.9. The molecule has 0 atom stereocenters. The van der Waals surface area contributed by atoms with Gasteiger partial charge in [0.05, 0.1) is 0 Å². The second kappa shape index (κ2) is 9.59. The molecule has 0 saturated heterocycles. The number of hydrogen-bond donors (Lipinski definition) is 2. The molecule has 1 aliphatic carbocycles. The predicted molar refractivity (Wildman–Crippen MR) is 103 cm³/mol. The molecule has 25 heavy (non-hydrogen) atoms. The quantitative estimate of drug-likeness (QED) is 0.722. The summed E-state index contributed by atoms with van der Waals surface area (Å²) >= 11 is 0. The molecule has 0 radical (unpaired) electrons. The number of anilines is 1. The SMILES string of the molecule is CCCCCNC(=O)C1CCC(C(=O)Nc2c(C)cccc2C)CC1. The lowest BCUT2D eigenvalue weighted by Gasteiger charge is -2.27. The maximum absolute atomic E-state index is 12.6. The van der Waals surface area contributed by atoms with E-state index in [0.717, 1.165) is 68.3 Å². The van der Waals surface area contributed by atoms with Gasteiger partial charge in [-0.1, -0.05) is 38.0 Å². The van der Waals surface area contributed by atoms with Gasteiger partial charge in [-0.3, -0.25) is 9.59 Å². The average Bonchev–Trinajstić information content (AvgIpc) is 2.62. The molecule has 2 rings (SSSR count). The molecule has 0 bridgehead atoms. The van der Waals surface area contributed by atoms with Gasteiger partial charge in [-0.25, -0.2) is 0 Å². The summed E-state index contributed by atoms with van der Waals surface area (Å²) in [5.41, 5.74) is 3.12. The highest BCUT2D eigenvalue weighted by Crippen LogP contribution is 2.30. The van der Waals surface area contributed by atoms with E-state index in [9.17, 15) is 9.59 Å². The van der Waals surface area contributed by atoms with E-state index in [1.54, 1.807) is 0 Å². The highest BCUT2D eigenvalue weighted by molar-refractivity contribution is 5.94. The van der Waals surface area contributed by atoms with E-state index in [4.69, 9.17) is 0 Å². The highest BCUT2D eigenvalue weighted by Gasteiger charge is 2.30. The number of benzene rings is 1. The van der Waals surface area contributed by atoms with Crippen molar-refractivity contribution in [1.82, 2.24) is 5.32 Å². The second-order valence-electron chi connectivity index (χ2n) is 7.30. The molecule has 1 aromatic carbocycles. The smallest absolute Gasteiger partial charge is 0.227 e. The normalized spacial score (nSPS) is 20.1. The van der Waals surface area contributed by atoms with Crippen LogP contribution in [0.4, 0.5) is 5.69 Å². The molecule has 0 aromatic heterocycles. The van der Waals surface area contributed by atoms with Crippen LogP contribution >= 0.6 is 0 Å². The summed E-state index contributed by atoms with van der Waals surface area (Å²) in [5, 5.41) is 6.15. The van der Waals surface area contributed by atoms with E-state index in [2.05, 4.69) is 17.6 Å². The first kappa shape index (κ1) is 19.5. The van der Waals surface area contributed by atoms with Crippen LogP contribution in [-0.2, 0) is 9.59 Å². The predicted octanol–water partition coefficient (Wildman–Crippen LogP) is 4.35. The summed E-state index contributed by atoms with van der Waals surface area (Å²) in [5.74, 6) is 0.359. The maximum atomic E-state index is 12.6. The van der Waals surface area contributed by atoms with Crippen LogP contribution in [0.3, 0.4) is 0 Å². The molecular weight excluding hydrogens is 312 g/mol. The fraction of sp³-hybridized carbons (Fsp3) is 0.619. The number of carbonyl (C=O) groups is 2. The van der Waals surface area contributed by atoms with Crippen molar-refractivity contribution >= 4 is 17.5 Å². The second-order valence-corrected chi connectivity index (χ2v) is 7.30. The van der Waals surface area contributed by atoms with Crippen molar-refractivity contribution in [3.63, 3.8) is 0 Å². The number of hydrogen-bond acceptors (Lipinski definition) is 2. The van der Waals surface area contributed by atoms with Crippen LogP contribution in [0, 0.1) is 25.7 Å². The van der Waals surface area contributed by atoms with Gasteiger partial charge in [0.1, 0.15) is 0 Å². The summed E-state index contributed by atoms with van der Waals surface area (Å²) in [6, 6.07) is 6.04. The van der Waals surface area contributed by atoms with E-state index < -0.39 is 0 Å². The number of para-hydroxylation sites is 1. The fourth-order valence-electron chi connectivity index (χ4n) is 3.59. The number of amides is 2. The molecule has 0 unspecified atom stereocenters. The van der Waals surface area contributed by atoms with E-state index in [1.807, 2.05) is 32.0 Å². The van der Waals surface area contributed by atoms with Gasteiger partial charge in [0.25, 0.3) is 0 Å². The zero-order valence-corrected chi connectivity index (χ0v) is 15.9. The number of nitrogens with one attached hydrogen (secondary N) is 2. The van der Waals surface area contributed by atoms with Gasteiger partial charge < -0.3 is 10.6 Å². The van der Waals surface area contributed by atoms with Gasteiger partial charge in [0, 0.05) is 24.1 Å². The molecule has 0 spiro atoms. The Hall–Kier alpha value is -1.84. The monoisotopic (exact) mass is 344 g/mol. The lowest BCUT2D eigenvalue weighted by molar-refractivity contribution is -0.128. The molecule has 1 aromatic rings. The van der Waals surface area contributed by atoms with Gasteiger partial charge in [-0.05, 0) is 57.1 Å². The van der Waals surface area contributed by atoms with Crippen molar-refractivity contribution < 1.29 is 9.59 Å². The van der Waals surface area contributed by atoms with Crippen molar-refractivity contribution in [3.8, 4) is 0 Å². The molecule has 4 heteroatoms. The van der Waals surface area contributed by atoms with Crippen LogP contribution in [-0.4, -0.2) is 18.4 Å². The summed E-state index contributed by atoms with van der Waals surface area (Å²) in [4.78, 5) is 24.8. The van der Waals surface area contributed by atoms with Crippen molar-refractivity contribution in [2.24, 2.45) is 11.8 Å². The van der Waals surface area contributed by atoms with Gasteiger partial charge in [-0.2, -0.15) is 0 Å². The number of unbranched alkanes of at least 4 members (excludes halogenated alkanes) is 2. The van der Waals surface area contributed by atoms with E-state index in [-0.39, 0.29) is 23.7 Å². The Morgan fingerprint density at radius 1 is 0.960 bits per heavy atom. The summed E-state index contributed by atoms with van der Waals surface area (Å²) in [6.45, 7) is 6.97. The van der Waals surface area contributed by atoms with E-state index in [1.165, 1.54) is 0 Å². The van der Waals surface area contributed by atoms with Crippen LogP contribution in [0.1, 0.15) is 63.0 Å². The molecule has 4 nitrogen and oxygen atoms in total. The first-order valence-corrected chi connectivity index (χ1v) is 9.67. The van der Waals surface area contributed by atoms with Crippen molar-refractivity contribution in [2.75, 3.05) is 11.9 Å². The van der Waals surface area contributed by atoms with Crippen molar-refractivity contribution in [3.05, 3.63) is 29.3 Å². The molecule has 1 aliphatic rings. The van der Waals surface area contributed by atoms with Crippen molar-refractivity contribution in [2.45, 2.75) is 65.7 Å². The third-order valence-corrected chi connectivity index (χ3v) is 5.28. The third kappa shape index (κ3) is 5.58. The van der Waals surface area contributed by atoms with Crippen molar-refractivity contribution in [1.29, 1.82) is 0 Å². The summed E-state index contributed by atoms with van der Waals surface area (Å²) < 4.78 is 0. The molecular formula is C21H32N2O2. The number of rotatable bonds is 7. The zero-order chi connectivity index (χ0) is 18.2. The number of aryl methyl sites for hydroxylation is 2. The Bertz CT molecular complexity index is 569. The molecule has 0 aliphatic heterocycles. The molecule has 2 N–H and O–H groups in total. The molecule has 2 amide bonds. The minimum absolute atomic E-state index is 0.0168. The van der Waals surface area contributed by atoms with E-state index >= 15 is 0 Å². The minimum atomic E-state index is 0.0168. The Kier molecular flexibility index (Phi) is 7.48. The van der Waals surface area contributed by atoms with Gasteiger partial charge in [0.15, 0.2) is 0 Å². The average molecular weight is 344 g/mol. The third-order valence-electron chi connectivity index (χ3n) is 5.28. The summed E-state index contributed by atoms with van der Waals surface area (Å²) in [6.07, 6.45) is 6.58. The minimum Gasteiger partial charge on any atom is -0.356 e. The molecule has 1 fully saturated rings. The fourth-order valence-corrected chi connectivity index (χ4v) is 3.59. The largest absolute Gasteiger partial charge is 0.356 e. The molecule has 138 valence electrons. The Morgan fingerprint density at radius 3 is 2.08 bits per heavy atom. The highest BCUT2D eigenvalue weighted by atomic mass is 16.2. The van der Waals surface area contributed by atoms with Crippen LogP contribution < -0.4 is 10.6 Å². The first-order chi connectivity index (χ1) is 12.0. The van der Waals surface area contributed by atoms with Crippen LogP contribution in [0.2, 0.25) is 0 Å². The first-order valence-electron chi connectivity index (χ1n) is 9.67. The van der Waals surface area contributed by atoms with E-state index in [0.29, 0.717) is 0 Å². The van der Waals surface area contributed by atoms with Gasteiger partial charge in [-0.15, -0.1) is 0 Å². The maximum Gasteiger partial charge on any atom is 0.227 e. The Labute approximate surface area is 151 Å². The van der Waals surface area contributed by atoms with Crippen LogP contribution in [0.25, 0.3) is 0 Å². The van der Waals surface area contributed by atoms with Gasteiger partial charge >= 0.3 is 0 Å². The molecule has 0 heterocycles. The van der Waals surface area contributed by atoms with Gasteiger partial charge in [0.2, 0.25) is 11.8 Å². The Balaban J connectivity index is 1.79. The lowest BCUT2D eigenvalue weighted by Crippen LogP contribution is -2.36. The Morgan fingerprint density at radius 2 is 1.52 bits per heavy atom. The summed E-state index contributed by atoms with van der Waals surface area (Å²) in [7, 11) is 0. The number of carbonyl (C=O) groups excluding carboxylic acids is 2.